The van der Waals surface area contributed by atoms with Crippen molar-refractivity contribution in [2.75, 3.05) is 0 Å². The van der Waals surface area contributed by atoms with Gasteiger partial charge in [0.1, 0.15) is 12.4 Å². The SMILES string of the molecule is C[C@H]1[C@H](NS(=O)(=O)c2ccc(OCc3ccc(Cl)cc3Cl)cc2)[C@H]1c1ccccc1.O=C(O)O. The highest BCUT2D eigenvalue weighted by molar-refractivity contribution is 7.89. The van der Waals surface area contributed by atoms with Crippen molar-refractivity contribution in [3.05, 3.63) is 94.0 Å². The zero-order chi connectivity index (χ0) is 24.9. The summed E-state index contributed by atoms with van der Waals surface area (Å²) in [7, 11) is -3.61. The first-order valence-corrected chi connectivity index (χ1v) is 12.5. The fourth-order valence-corrected chi connectivity index (χ4v) is 5.40. The van der Waals surface area contributed by atoms with Gasteiger partial charge in [0.15, 0.2) is 0 Å². The molecule has 180 valence electrons. The van der Waals surface area contributed by atoms with Crippen LogP contribution in [0.25, 0.3) is 0 Å². The first kappa shape index (κ1) is 25.8. The molecule has 3 aromatic carbocycles. The lowest BCUT2D eigenvalue weighted by molar-refractivity contribution is 0.137. The van der Waals surface area contributed by atoms with E-state index in [1.165, 1.54) is 0 Å². The smallest absolute Gasteiger partial charge is 0.489 e. The molecule has 10 heteroatoms. The molecule has 1 aliphatic rings. The van der Waals surface area contributed by atoms with Gasteiger partial charge in [-0.05, 0) is 47.9 Å². The van der Waals surface area contributed by atoms with Crippen molar-refractivity contribution in [1.29, 1.82) is 0 Å². The molecule has 0 unspecified atom stereocenters. The van der Waals surface area contributed by atoms with Crippen LogP contribution < -0.4 is 9.46 Å². The van der Waals surface area contributed by atoms with Crippen molar-refractivity contribution in [3.8, 4) is 5.75 Å². The van der Waals surface area contributed by atoms with Gasteiger partial charge >= 0.3 is 6.16 Å². The molecule has 0 aromatic heterocycles. The van der Waals surface area contributed by atoms with Gasteiger partial charge in [0.2, 0.25) is 10.0 Å². The minimum absolute atomic E-state index is 0.0969. The van der Waals surface area contributed by atoms with Crippen LogP contribution in [-0.2, 0) is 16.6 Å². The average molecular weight is 524 g/mol. The molecule has 1 saturated carbocycles. The summed E-state index contributed by atoms with van der Waals surface area (Å²) in [6, 6.07) is 21.5. The zero-order valence-electron chi connectivity index (χ0n) is 18.1. The molecule has 0 aliphatic heterocycles. The van der Waals surface area contributed by atoms with Crippen LogP contribution in [0.1, 0.15) is 24.0 Å². The molecule has 0 heterocycles. The summed E-state index contributed by atoms with van der Waals surface area (Å²) in [6.45, 7) is 2.32. The Kier molecular flexibility index (Phi) is 8.43. The van der Waals surface area contributed by atoms with Crippen molar-refractivity contribution in [3.63, 3.8) is 0 Å². The first-order valence-electron chi connectivity index (χ1n) is 10.2. The molecule has 0 spiro atoms. The number of carbonyl (C=O) groups is 1. The van der Waals surface area contributed by atoms with E-state index in [0.29, 0.717) is 15.8 Å². The fourth-order valence-electron chi connectivity index (χ4n) is 3.59. The van der Waals surface area contributed by atoms with E-state index in [2.05, 4.69) is 11.6 Å². The molecular weight excluding hydrogens is 501 g/mol. The third-order valence-corrected chi connectivity index (χ3v) is 7.46. The molecule has 3 N–H and O–H groups in total. The summed E-state index contributed by atoms with van der Waals surface area (Å²) in [4.78, 5) is 8.77. The predicted octanol–water partition coefficient (Wildman–Crippen LogP) is 5.88. The van der Waals surface area contributed by atoms with Crippen LogP contribution in [0.5, 0.6) is 5.75 Å². The molecule has 0 saturated heterocycles. The number of benzene rings is 3. The van der Waals surface area contributed by atoms with Crippen molar-refractivity contribution in [2.45, 2.75) is 30.4 Å². The summed E-state index contributed by atoms with van der Waals surface area (Å²) in [6.07, 6.45) is -1.83. The second-order valence-corrected chi connectivity index (χ2v) is 10.3. The zero-order valence-corrected chi connectivity index (χ0v) is 20.4. The number of hydrogen-bond donors (Lipinski definition) is 3. The molecule has 1 fully saturated rings. The topological polar surface area (TPSA) is 113 Å². The lowest BCUT2D eigenvalue weighted by Crippen LogP contribution is -2.27. The number of rotatable bonds is 7. The Bertz CT molecular complexity index is 1230. The number of hydrogen-bond acceptors (Lipinski definition) is 4. The summed E-state index contributed by atoms with van der Waals surface area (Å²) >= 11 is 12.1. The monoisotopic (exact) mass is 523 g/mol. The Morgan fingerprint density at radius 2 is 1.62 bits per heavy atom. The third-order valence-electron chi connectivity index (χ3n) is 5.40. The van der Waals surface area contributed by atoms with E-state index < -0.39 is 16.2 Å². The van der Waals surface area contributed by atoms with E-state index >= 15 is 0 Å². The van der Waals surface area contributed by atoms with Gasteiger partial charge in [-0.3, -0.25) is 0 Å². The van der Waals surface area contributed by atoms with Crippen LogP contribution in [0.2, 0.25) is 10.0 Å². The van der Waals surface area contributed by atoms with E-state index in [4.69, 9.17) is 42.9 Å². The van der Waals surface area contributed by atoms with Gasteiger partial charge in [-0.2, -0.15) is 0 Å². The molecule has 0 radical (unpaired) electrons. The van der Waals surface area contributed by atoms with E-state index in [-0.39, 0.29) is 29.4 Å². The summed E-state index contributed by atoms with van der Waals surface area (Å²) < 4.78 is 34.1. The van der Waals surface area contributed by atoms with Crippen LogP contribution in [0.15, 0.2) is 77.7 Å². The first-order chi connectivity index (χ1) is 16.1. The number of nitrogens with one attached hydrogen (secondary N) is 1. The molecule has 34 heavy (non-hydrogen) atoms. The second-order valence-electron chi connectivity index (χ2n) is 7.72. The van der Waals surface area contributed by atoms with Crippen LogP contribution >= 0.6 is 23.2 Å². The number of halogens is 2. The average Bonchev–Trinajstić information content (AvgIpc) is 3.41. The predicted molar refractivity (Wildman–Crippen MR) is 130 cm³/mol. The summed E-state index contributed by atoms with van der Waals surface area (Å²) in [5, 5.41) is 15.0. The van der Waals surface area contributed by atoms with Crippen LogP contribution in [0.3, 0.4) is 0 Å². The van der Waals surface area contributed by atoms with Gasteiger partial charge < -0.3 is 14.9 Å². The van der Waals surface area contributed by atoms with Gasteiger partial charge in [-0.1, -0.05) is 66.5 Å². The quantitative estimate of drug-likeness (QED) is 0.356. The minimum Gasteiger partial charge on any atom is -0.489 e. The molecule has 0 bridgehead atoms. The van der Waals surface area contributed by atoms with E-state index in [1.807, 2.05) is 30.3 Å². The van der Waals surface area contributed by atoms with Crippen LogP contribution in [0, 0.1) is 5.92 Å². The van der Waals surface area contributed by atoms with Gasteiger partial charge in [-0.15, -0.1) is 0 Å². The van der Waals surface area contributed by atoms with Crippen LogP contribution in [0.4, 0.5) is 4.79 Å². The van der Waals surface area contributed by atoms with E-state index in [1.54, 1.807) is 42.5 Å². The Morgan fingerprint density at radius 3 is 2.21 bits per heavy atom. The number of ether oxygens (including phenoxy) is 1. The maximum Gasteiger partial charge on any atom is 0.503 e. The Morgan fingerprint density at radius 1 is 1.00 bits per heavy atom. The second kappa shape index (κ2) is 11.1. The van der Waals surface area contributed by atoms with Crippen molar-refractivity contribution < 1.29 is 28.2 Å². The molecule has 0 amide bonds. The van der Waals surface area contributed by atoms with Gasteiger partial charge in [-0.25, -0.2) is 17.9 Å². The van der Waals surface area contributed by atoms with Gasteiger partial charge in [0.05, 0.1) is 4.90 Å². The van der Waals surface area contributed by atoms with Crippen molar-refractivity contribution in [1.82, 2.24) is 4.72 Å². The standard InChI is InChI=1S/C23H21Cl2NO3S.CH2O3/c1-15-22(16-5-3-2-4-6-16)23(15)26-30(27,28)20-11-9-19(10-12-20)29-14-17-7-8-18(24)13-21(17)25;2-1(3)4/h2-13,15,22-23,26H,14H2,1H3;(H2,2,3,4)/t15-,22-,23+;/m1./s1. The molecule has 3 aromatic rings. The highest BCUT2D eigenvalue weighted by Crippen LogP contribution is 2.47. The number of sulfonamides is 1. The Hall–Kier alpha value is -2.78. The molecule has 1 aliphatic carbocycles. The normalized spacial score (nSPS) is 19.0. The maximum absolute atomic E-state index is 12.8. The Labute approximate surface area is 208 Å². The lowest BCUT2D eigenvalue weighted by Gasteiger charge is -2.10. The molecule has 7 nitrogen and oxygen atoms in total. The minimum atomic E-state index is -3.61. The highest BCUT2D eigenvalue weighted by atomic mass is 35.5. The highest BCUT2D eigenvalue weighted by Gasteiger charge is 2.49. The fraction of sp³-hybridized carbons (Fsp3) is 0.208. The lowest BCUT2D eigenvalue weighted by atomic mass is 10.1. The van der Waals surface area contributed by atoms with Crippen molar-refractivity contribution in [2.24, 2.45) is 5.92 Å². The van der Waals surface area contributed by atoms with Crippen molar-refractivity contribution >= 4 is 39.4 Å². The summed E-state index contributed by atoms with van der Waals surface area (Å²) in [5.41, 5.74) is 1.96. The Balaban J connectivity index is 0.000000751. The number of carboxylic acid groups (broad SMARTS) is 2. The van der Waals surface area contributed by atoms with Gasteiger partial charge in [0, 0.05) is 27.6 Å². The molecule has 3 atom stereocenters. The maximum atomic E-state index is 12.8. The van der Waals surface area contributed by atoms with Crippen LogP contribution in [-0.4, -0.2) is 30.8 Å². The largest absolute Gasteiger partial charge is 0.503 e. The summed E-state index contributed by atoms with van der Waals surface area (Å²) in [5.74, 6) is 1.02. The van der Waals surface area contributed by atoms with E-state index in [9.17, 15) is 8.42 Å². The van der Waals surface area contributed by atoms with Gasteiger partial charge in [0.25, 0.3) is 0 Å². The third kappa shape index (κ3) is 6.87. The molecule has 4 rings (SSSR count). The molecular formula is C24H23Cl2NO6S. The van der Waals surface area contributed by atoms with E-state index in [0.717, 1.165) is 11.1 Å².